The third kappa shape index (κ3) is 2.17. The Kier molecular flexibility index (Phi) is 2.90. The first kappa shape index (κ1) is 12.0. The first-order valence-electron chi connectivity index (χ1n) is 5.90. The van der Waals surface area contributed by atoms with Gasteiger partial charge in [-0.2, -0.15) is 0 Å². The number of hydrogen-bond acceptors (Lipinski definition) is 7. The molecular weight excluding hydrogens is 260 g/mol. The second-order valence-electron chi connectivity index (χ2n) is 4.32. The number of hydrogen-bond donors (Lipinski definition) is 3. The van der Waals surface area contributed by atoms with Crippen LogP contribution in [0.5, 0.6) is 0 Å². The Morgan fingerprint density at radius 2 is 2.26 bits per heavy atom. The number of nitrogen functional groups attached to an aromatic ring is 1. The van der Waals surface area contributed by atoms with Gasteiger partial charge in [-0.1, -0.05) is 6.07 Å². The number of aromatic nitrogens is 3. The zero-order chi connectivity index (χ0) is 13.4. The van der Waals surface area contributed by atoms with E-state index in [2.05, 4.69) is 32.9 Å². The quantitative estimate of drug-likeness (QED) is 0.719. The number of nitrogens with zero attached hydrogens (tertiary/aromatic N) is 4. The largest absolute Gasteiger partial charge is 0.382 e. The van der Waals surface area contributed by atoms with E-state index in [1.807, 2.05) is 30.0 Å². The summed E-state index contributed by atoms with van der Waals surface area (Å²) in [5.41, 5.74) is 7.40. The van der Waals surface area contributed by atoms with Gasteiger partial charge >= 0.3 is 0 Å². The lowest BCUT2D eigenvalue weighted by molar-refractivity contribution is 0.799. The van der Waals surface area contributed by atoms with E-state index in [9.17, 15) is 0 Å². The highest BCUT2D eigenvalue weighted by Gasteiger charge is 2.30. The number of anilines is 3. The molecule has 98 valence electrons. The van der Waals surface area contributed by atoms with Gasteiger partial charge in [0.1, 0.15) is 17.0 Å². The van der Waals surface area contributed by atoms with Gasteiger partial charge in [0.15, 0.2) is 11.6 Å². The van der Waals surface area contributed by atoms with E-state index in [0.717, 1.165) is 17.2 Å². The first-order chi connectivity index (χ1) is 9.15. The lowest BCUT2D eigenvalue weighted by atomic mass is 10.3. The standard InChI is InChI=1S/C12H14N6S/c1-7-15-10(13)9-11(16-7)18(12(19)17-9)6-8-4-2-3-5-14-8/h2-5,12,17,19H,6H2,1H3,(H2,13,15,16). The van der Waals surface area contributed by atoms with Gasteiger partial charge in [0.05, 0.1) is 12.2 Å². The summed E-state index contributed by atoms with van der Waals surface area (Å²) in [6.07, 6.45) is 1.77. The zero-order valence-corrected chi connectivity index (χ0v) is 11.3. The Balaban J connectivity index is 1.96. The highest BCUT2D eigenvalue weighted by atomic mass is 32.1. The van der Waals surface area contributed by atoms with Crippen LogP contribution in [0.3, 0.4) is 0 Å². The molecule has 3 rings (SSSR count). The number of pyridine rings is 1. The average Bonchev–Trinajstić information content (AvgIpc) is 2.69. The number of rotatable bonds is 2. The van der Waals surface area contributed by atoms with Gasteiger partial charge in [-0.05, 0) is 19.1 Å². The van der Waals surface area contributed by atoms with Crippen molar-refractivity contribution >= 4 is 30.0 Å². The second-order valence-corrected chi connectivity index (χ2v) is 4.81. The van der Waals surface area contributed by atoms with Crippen LogP contribution in [0.4, 0.5) is 17.3 Å². The van der Waals surface area contributed by atoms with Gasteiger partial charge in [-0.15, -0.1) is 12.6 Å². The van der Waals surface area contributed by atoms with Crippen molar-refractivity contribution in [3.8, 4) is 0 Å². The molecule has 0 bridgehead atoms. The summed E-state index contributed by atoms with van der Waals surface area (Å²) in [5, 5.41) is 3.18. The summed E-state index contributed by atoms with van der Waals surface area (Å²) in [6.45, 7) is 2.44. The van der Waals surface area contributed by atoms with Gasteiger partial charge in [0, 0.05) is 6.20 Å². The number of thiol groups is 1. The third-order valence-electron chi connectivity index (χ3n) is 2.93. The van der Waals surface area contributed by atoms with E-state index in [1.54, 1.807) is 6.20 Å². The van der Waals surface area contributed by atoms with Gasteiger partial charge < -0.3 is 16.0 Å². The molecule has 0 radical (unpaired) electrons. The lowest BCUT2D eigenvalue weighted by Gasteiger charge is -2.21. The number of fused-ring (bicyclic) bond motifs is 1. The molecular formula is C12H14N6S. The maximum absolute atomic E-state index is 5.90. The van der Waals surface area contributed by atoms with Crippen molar-refractivity contribution in [1.82, 2.24) is 15.0 Å². The van der Waals surface area contributed by atoms with Crippen molar-refractivity contribution in [1.29, 1.82) is 0 Å². The minimum absolute atomic E-state index is 0.185. The van der Waals surface area contributed by atoms with Crippen molar-refractivity contribution in [3.63, 3.8) is 0 Å². The molecule has 0 amide bonds. The first-order valence-corrected chi connectivity index (χ1v) is 6.42. The molecule has 2 aromatic rings. The zero-order valence-electron chi connectivity index (χ0n) is 10.4. The van der Waals surface area contributed by atoms with Crippen LogP contribution >= 0.6 is 12.6 Å². The van der Waals surface area contributed by atoms with E-state index in [0.29, 0.717) is 18.2 Å². The smallest absolute Gasteiger partial charge is 0.160 e. The summed E-state index contributed by atoms with van der Waals surface area (Å²) >= 11 is 4.51. The number of aryl methyl sites for hydroxylation is 1. The molecule has 0 saturated carbocycles. The van der Waals surface area contributed by atoms with E-state index in [1.165, 1.54) is 0 Å². The third-order valence-corrected chi connectivity index (χ3v) is 3.34. The van der Waals surface area contributed by atoms with Crippen LogP contribution in [0.25, 0.3) is 0 Å². The summed E-state index contributed by atoms with van der Waals surface area (Å²) < 4.78 is 0. The summed E-state index contributed by atoms with van der Waals surface area (Å²) in [4.78, 5) is 14.9. The van der Waals surface area contributed by atoms with E-state index in [-0.39, 0.29) is 5.50 Å². The van der Waals surface area contributed by atoms with E-state index in [4.69, 9.17) is 5.73 Å². The van der Waals surface area contributed by atoms with Crippen LogP contribution in [0, 0.1) is 6.92 Å². The molecule has 0 aliphatic carbocycles. The molecule has 3 heterocycles. The van der Waals surface area contributed by atoms with Crippen molar-refractivity contribution in [2.24, 2.45) is 0 Å². The average molecular weight is 274 g/mol. The van der Waals surface area contributed by atoms with Crippen molar-refractivity contribution in [2.75, 3.05) is 16.0 Å². The van der Waals surface area contributed by atoms with Crippen LogP contribution in [-0.2, 0) is 6.54 Å². The molecule has 1 atom stereocenters. The van der Waals surface area contributed by atoms with Crippen LogP contribution in [0.2, 0.25) is 0 Å². The van der Waals surface area contributed by atoms with Crippen molar-refractivity contribution in [2.45, 2.75) is 19.0 Å². The molecule has 2 aromatic heterocycles. The van der Waals surface area contributed by atoms with Crippen LogP contribution in [-0.4, -0.2) is 20.4 Å². The molecule has 7 heteroatoms. The Bertz CT molecular complexity index is 603. The summed E-state index contributed by atoms with van der Waals surface area (Å²) in [5.74, 6) is 1.87. The highest BCUT2D eigenvalue weighted by Crippen LogP contribution is 2.38. The van der Waals surface area contributed by atoms with Crippen LogP contribution < -0.4 is 16.0 Å². The Hall–Kier alpha value is -2.02. The van der Waals surface area contributed by atoms with Crippen molar-refractivity contribution < 1.29 is 0 Å². The van der Waals surface area contributed by atoms with Crippen LogP contribution in [0.1, 0.15) is 11.5 Å². The van der Waals surface area contributed by atoms with E-state index >= 15 is 0 Å². The molecule has 1 unspecified atom stereocenters. The molecule has 19 heavy (non-hydrogen) atoms. The molecule has 0 fully saturated rings. The molecule has 0 saturated heterocycles. The Morgan fingerprint density at radius 3 is 3.00 bits per heavy atom. The summed E-state index contributed by atoms with van der Waals surface area (Å²) in [7, 11) is 0. The SMILES string of the molecule is Cc1nc(N)c2c(n1)N(Cc1ccccn1)C(S)N2. The molecule has 1 aliphatic rings. The molecule has 6 nitrogen and oxygen atoms in total. The highest BCUT2D eigenvalue weighted by molar-refractivity contribution is 7.81. The fraction of sp³-hybridized carbons (Fsp3) is 0.250. The fourth-order valence-corrected chi connectivity index (χ4v) is 2.40. The molecule has 0 spiro atoms. The van der Waals surface area contributed by atoms with E-state index < -0.39 is 0 Å². The fourth-order valence-electron chi connectivity index (χ4n) is 2.08. The minimum atomic E-state index is -0.185. The molecule has 0 aromatic carbocycles. The van der Waals surface area contributed by atoms with Gasteiger partial charge in [-0.25, -0.2) is 9.97 Å². The maximum atomic E-state index is 5.90. The molecule has 3 N–H and O–H groups in total. The van der Waals surface area contributed by atoms with Gasteiger partial charge in [-0.3, -0.25) is 4.98 Å². The van der Waals surface area contributed by atoms with Gasteiger partial charge in [0.25, 0.3) is 0 Å². The maximum Gasteiger partial charge on any atom is 0.160 e. The lowest BCUT2D eigenvalue weighted by Crippen LogP contribution is -2.31. The Labute approximate surface area is 116 Å². The number of nitrogens with one attached hydrogen (secondary N) is 1. The van der Waals surface area contributed by atoms with Gasteiger partial charge in [0.2, 0.25) is 0 Å². The minimum Gasteiger partial charge on any atom is -0.382 e. The second kappa shape index (κ2) is 4.58. The van der Waals surface area contributed by atoms with Crippen molar-refractivity contribution in [3.05, 3.63) is 35.9 Å². The van der Waals surface area contributed by atoms with Crippen LogP contribution in [0.15, 0.2) is 24.4 Å². The topological polar surface area (TPSA) is 80.0 Å². The monoisotopic (exact) mass is 274 g/mol. The predicted octanol–water partition coefficient (Wildman–Crippen LogP) is 1.41. The number of nitrogens with two attached hydrogens (primary N) is 1. The predicted molar refractivity (Wildman–Crippen MR) is 78.0 cm³/mol. The normalized spacial score (nSPS) is 17.2. The summed E-state index contributed by atoms with van der Waals surface area (Å²) in [6, 6.07) is 5.82. The molecule has 1 aliphatic heterocycles. The Morgan fingerprint density at radius 1 is 1.42 bits per heavy atom.